The van der Waals surface area contributed by atoms with Gasteiger partial charge in [-0.25, -0.2) is 12.7 Å². The van der Waals surface area contributed by atoms with E-state index in [2.05, 4.69) is 5.32 Å². The van der Waals surface area contributed by atoms with E-state index in [4.69, 9.17) is 4.74 Å². The van der Waals surface area contributed by atoms with Crippen LogP contribution in [0.15, 0.2) is 53.4 Å². The van der Waals surface area contributed by atoms with E-state index in [1.807, 2.05) is 44.2 Å². The van der Waals surface area contributed by atoms with Crippen LogP contribution >= 0.6 is 0 Å². The molecule has 0 fully saturated rings. The molecule has 0 aliphatic carbocycles. The summed E-state index contributed by atoms with van der Waals surface area (Å²) < 4.78 is 31.4. The molecule has 2 rings (SSSR count). The third-order valence-electron chi connectivity index (χ3n) is 5.53. The van der Waals surface area contributed by atoms with Crippen molar-refractivity contribution in [1.29, 1.82) is 0 Å². The second-order valence-electron chi connectivity index (χ2n) is 8.11. The lowest BCUT2D eigenvalue weighted by Crippen LogP contribution is -2.33. The van der Waals surface area contributed by atoms with Crippen LogP contribution in [-0.2, 0) is 24.3 Å². The Balaban J connectivity index is 2.18. The Hall–Kier alpha value is -2.71. The molecule has 1 amide bonds. The maximum Gasteiger partial charge on any atom is 0.314 e. The van der Waals surface area contributed by atoms with E-state index in [0.29, 0.717) is 11.3 Å². The Kier molecular flexibility index (Phi) is 8.58. The second kappa shape index (κ2) is 10.7. The molecule has 8 heteroatoms. The average Bonchev–Trinajstić information content (AvgIpc) is 2.75. The number of hydrogen-bond acceptors (Lipinski definition) is 5. The van der Waals surface area contributed by atoms with Crippen LogP contribution < -0.4 is 5.32 Å². The monoisotopic (exact) mass is 460 g/mol. The molecule has 0 saturated heterocycles. The van der Waals surface area contributed by atoms with Crippen molar-refractivity contribution in [3.8, 4) is 0 Å². The van der Waals surface area contributed by atoms with E-state index in [9.17, 15) is 18.0 Å². The summed E-state index contributed by atoms with van der Waals surface area (Å²) in [4.78, 5) is 25.8. The fourth-order valence-corrected chi connectivity index (χ4v) is 4.16. The molecule has 0 spiro atoms. The maximum absolute atomic E-state index is 13.0. The predicted octanol–water partition coefficient (Wildman–Crippen LogP) is 3.95. The van der Waals surface area contributed by atoms with E-state index in [0.717, 1.165) is 16.3 Å². The summed E-state index contributed by atoms with van der Waals surface area (Å²) >= 11 is 0. The van der Waals surface area contributed by atoms with Gasteiger partial charge >= 0.3 is 5.97 Å². The van der Waals surface area contributed by atoms with Gasteiger partial charge in [0, 0.05) is 19.8 Å². The summed E-state index contributed by atoms with van der Waals surface area (Å²) in [5, 5.41) is 2.69. The van der Waals surface area contributed by atoms with Crippen molar-refractivity contribution in [2.75, 3.05) is 19.4 Å². The van der Waals surface area contributed by atoms with Gasteiger partial charge in [0.05, 0.1) is 10.8 Å². The molecule has 0 aliphatic heterocycles. The highest BCUT2D eigenvalue weighted by molar-refractivity contribution is 7.89. The van der Waals surface area contributed by atoms with Gasteiger partial charge in [-0.15, -0.1) is 0 Å². The molecule has 0 radical (unpaired) electrons. The van der Waals surface area contributed by atoms with Gasteiger partial charge in [-0.1, -0.05) is 56.7 Å². The summed E-state index contributed by atoms with van der Waals surface area (Å²) in [6.07, 6.45) is -0.270. The highest BCUT2D eigenvalue weighted by atomic mass is 32.2. The molecule has 0 bridgehead atoms. The minimum absolute atomic E-state index is 0.0373. The molecular weight excluding hydrogens is 428 g/mol. The minimum atomic E-state index is -3.65. The lowest BCUT2D eigenvalue weighted by molar-refractivity contribution is -0.155. The number of hydrogen-bond donors (Lipinski definition) is 1. The summed E-state index contributed by atoms with van der Waals surface area (Å²) in [6, 6.07) is 13.9. The van der Waals surface area contributed by atoms with Gasteiger partial charge in [0.25, 0.3) is 5.91 Å². The van der Waals surface area contributed by atoms with Crippen molar-refractivity contribution in [1.82, 2.24) is 4.31 Å². The molecule has 2 aromatic rings. The minimum Gasteiger partial charge on any atom is -0.452 e. The van der Waals surface area contributed by atoms with Crippen LogP contribution in [0.25, 0.3) is 0 Å². The molecule has 0 aromatic heterocycles. The van der Waals surface area contributed by atoms with Crippen LogP contribution in [0.2, 0.25) is 0 Å². The van der Waals surface area contributed by atoms with Crippen molar-refractivity contribution in [2.24, 2.45) is 5.92 Å². The lowest BCUT2D eigenvalue weighted by atomic mass is 9.85. The molecule has 174 valence electrons. The zero-order valence-corrected chi connectivity index (χ0v) is 20.3. The Morgan fingerprint density at radius 3 is 2.25 bits per heavy atom. The number of carbonyl (C=O) groups excluding carboxylic acids is 2. The van der Waals surface area contributed by atoms with Gasteiger partial charge in [-0.2, -0.15) is 0 Å². The average molecular weight is 461 g/mol. The quantitative estimate of drug-likeness (QED) is 0.572. The van der Waals surface area contributed by atoms with E-state index < -0.39 is 33.9 Å². The molecule has 2 aromatic carbocycles. The van der Waals surface area contributed by atoms with E-state index in [-0.39, 0.29) is 10.8 Å². The number of rotatable bonds is 9. The van der Waals surface area contributed by atoms with Crippen LogP contribution in [0.3, 0.4) is 0 Å². The van der Waals surface area contributed by atoms with Gasteiger partial charge in [-0.3, -0.25) is 9.59 Å². The van der Waals surface area contributed by atoms with E-state index in [1.54, 1.807) is 13.0 Å². The first kappa shape index (κ1) is 25.5. The lowest BCUT2D eigenvalue weighted by Gasteiger charge is -2.24. The SMILES string of the molecule is CCC(C)C(C(=O)OC(C)C(=O)Nc1cc(S(=O)(=O)N(C)C)ccc1C)c1ccccc1. The number of sulfonamides is 1. The van der Waals surface area contributed by atoms with Gasteiger partial charge < -0.3 is 10.1 Å². The van der Waals surface area contributed by atoms with Crippen molar-refractivity contribution in [2.45, 2.75) is 51.0 Å². The molecule has 3 unspecified atom stereocenters. The Labute approximate surface area is 190 Å². The zero-order chi connectivity index (χ0) is 24.1. The van der Waals surface area contributed by atoms with Crippen LogP contribution in [0.1, 0.15) is 44.2 Å². The van der Waals surface area contributed by atoms with Crippen LogP contribution in [0.5, 0.6) is 0 Å². The standard InChI is InChI=1S/C24H32N2O5S/c1-7-16(2)22(19-11-9-8-10-12-19)24(28)31-18(4)23(27)25-21-15-20(14-13-17(21)3)32(29,30)26(5)6/h8-16,18,22H,7H2,1-6H3,(H,25,27). The van der Waals surface area contributed by atoms with Crippen molar-refractivity contribution in [3.63, 3.8) is 0 Å². The van der Waals surface area contributed by atoms with Gasteiger partial charge in [-0.05, 0) is 43.0 Å². The number of benzene rings is 2. The van der Waals surface area contributed by atoms with Crippen LogP contribution in [-0.4, -0.2) is 44.8 Å². The number of amides is 1. The second-order valence-corrected chi connectivity index (χ2v) is 10.3. The Bertz CT molecular complexity index is 1050. The third-order valence-corrected chi connectivity index (χ3v) is 7.34. The number of aryl methyl sites for hydroxylation is 1. The molecule has 0 aliphatic rings. The first-order chi connectivity index (χ1) is 15.0. The molecule has 32 heavy (non-hydrogen) atoms. The van der Waals surface area contributed by atoms with Crippen molar-refractivity contribution < 1.29 is 22.7 Å². The summed E-state index contributed by atoms with van der Waals surface area (Å²) in [7, 11) is -0.769. The molecular formula is C24H32N2O5S. The highest BCUT2D eigenvalue weighted by Crippen LogP contribution is 2.29. The number of ether oxygens (including phenoxy) is 1. The summed E-state index contributed by atoms with van der Waals surface area (Å²) in [5.74, 6) is -1.44. The van der Waals surface area contributed by atoms with Crippen molar-refractivity contribution >= 4 is 27.6 Å². The Morgan fingerprint density at radius 1 is 1.06 bits per heavy atom. The van der Waals surface area contributed by atoms with E-state index >= 15 is 0 Å². The molecule has 1 N–H and O–H groups in total. The Morgan fingerprint density at radius 2 is 1.69 bits per heavy atom. The van der Waals surface area contributed by atoms with Gasteiger partial charge in [0.2, 0.25) is 10.0 Å². The van der Waals surface area contributed by atoms with E-state index in [1.165, 1.54) is 33.2 Å². The first-order valence-corrected chi connectivity index (χ1v) is 12.0. The zero-order valence-electron chi connectivity index (χ0n) is 19.5. The number of esters is 1. The number of anilines is 1. The number of carbonyl (C=O) groups is 2. The topological polar surface area (TPSA) is 92.8 Å². The van der Waals surface area contributed by atoms with Gasteiger partial charge in [0.1, 0.15) is 0 Å². The fraction of sp³-hybridized carbons (Fsp3) is 0.417. The predicted molar refractivity (Wildman–Crippen MR) is 125 cm³/mol. The fourth-order valence-electron chi connectivity index (χ4n) is 3.24. The van der Waals surface area contributed by atoms with Crippen molar-refractivity contribution in [3.05, 3.63) is 59.7 Å². The number of nitrogens with one attached hydrogen (secondary N) is 1. The third kappa shape index (κ3) is 5.95. The normalized spacial score (nSPS) is 14.5. The summed E-state index contributed by atoms with van der Waals surface area (Å²) in [6.45, 7) is 7.24. The molecule has 0 saturated carbocycles. The smallest absolute Gasteiger partial charge is 0.314 e. The maximum atomic E-state index is 13.0. The molecule has 3 atom stereocenters. The van der Waals surface area contributed by atoms with Crippen LogP contribution in [0.4, 0.5) is 5.69 Å². The highest BCUT2D eigenvalue weighted by Gasteiger charge is 2.30. The number of nitrogens with zero attached hydrogens (tertiary/aromatic N) is 1. The largest absolute Gasteiger partial charge is 0.452 e. The molecule has 0 heterocycles. The van der Waals surface area contributed by atoms with Crippen LogP contribution in [0, 0.1) is 12.8 Å². The molecule has 7 nitrogen and oxygen atoms in total. The first-order valence-electron chi connectivity index (χ1n) is 10.6. The van der Waals surface area contributed by atoms with Gasteiger partial charge in [0.15, 0.2) is 6.10 Å². The summed E-state index contributed by atoms with van der Waals surface area (Å²) in [5.41, 5.74) is 1.88.